The Morgan fingerprint density at radius 3 is 3.00 bits per heavy atom. The van der Waals surface area contributed by atoms with Crippen molar-refractivity contribution in [3.63, 3.8) is 0 Å². The molecule has 0 aromatic carbocycles. The van der Waals surface area contributed by atoms with Crippen LogP contribution in [0.2, 0.25) is 0 Å². The summed E-state index contributed by atoms with van der Waals surface area (Å²) in [5.74, 6) is 0.648. The van der Waals surface area contributed by atoms with Crippen molar-refractivity contribution in [2.75, 3.05) is 18.5 Å². The summed E-state index contributed by atoms with van der Waals surface area (Å²) in [7, 11) is 0. The third-order valence-electron chi connectivity index (χ3n) is 3.59. The largest absolute Gasteiger partial charge is 0.376 e. The topological polar surface area (TPSA) is 51.5 Å². The van der Waals surface area contributed by atoms with Crippen LogP contribution in [0, 0.1) is 0 Å². The number of nitrogens with zero attached hydrogens (tertiary/aromatic N) is 3. The molecule has 0 amide bonds. The van der Waals surface area contributed by atoms with E-state index < -0.39 is 0 Å². The molecule has 2 aromatic rings. The van der Waals surface area contributed by atoms with Crippen LogP contribution in [0.15, 0.2) is 22.8 Å². The molecule has 1 saturated carbocycles. The van der Waals surface area contributed by atoms with Crippen LogP contribution < -0.4 is 5.32 Å². The van der Waals surface area contributed by atoms with Gasteiger partial charge in [0.05, 0.1) is 12.7 Å². The molecule has 0 atom stereocenters. The van der Waals surface area contributed by atoms with Gasteiger partial charge in [0.25, 0.3) is 0 Å². The van der Waals surface area contributed by atoms with Gasteiger partial charge in [-0.05, 0) is 40.9 Å². The molecular formula is C14H19BrN4O. The number of anilines is 1. The Balaban J connectivity index is 1.47. The van der Waals surface area contributed by atoms with Gasteiger partial charge < -0.3 is 10.1 Å². The van der Waals surface area contributed by atoms with E-state index in [0.717, 1.165) is 16.7 Å². The maximum atomic E-state index is 5.87. The number of hydrogen-bond acceptors (Lipinski definition) is 4. The van der Waals surface area contributed by atoms with E-state index in [1.807, 2.05) is 18.3 Å². The Morgan fingerprint density at radius 2 is 2.15 bits per heavy atom. The second-order valence-corrected chi connectivity index (χ2v) is 6.06. The van der Waals surface area contributed by atoms with Crippen LogP contribution in [0.1, 0.15) is 32.1 Å². The molecule has 2 heterocycles. The molecule has 0 aliphatic heterocycles. The second kappa shape index (κ2) is 6.54. The van der Waals surface area contributed by atoms with Crippen LogP contribution in [0.3, 0.4) is 0 Å². The lowest BCUT2D eigenvalue weighted by Crippen LogP contribution is -2.20. The highest BCUT2D eigenvalue weighted by atomic mass is 79.9. The summed E-state index contributed by atoms with van der Waals surface area (Å²) < 4.78 is 8.61. The van der Waals surface area contributed by atoms with Gasteiger partial charge in [-0.15, -0.1) is 5.10 Å². The Bertz CT molecular complexity index is 565. The van der Waals surface area contributed by atoms with Gasteiger partial charge in [0.2, 0.25) is 5.95 Å². The molecule has 1 N–H and O–H groups in total. The Kier molecular flexibility index (Phi) is 4.52. The summed E-state index contributed by atoms with van der Waals surface area (Å²) in [6.45, 7) is 1.46. The van der Waals surface area contributed by atoms with Crippen LogP contribution in [-0.2, 0) is 4.74 Å². The second-order valence-electron chi connectivity index (χ2n) is 5.14. The minimum absolute atomic E-state index is 0.454. The molecule has 0 radical (unpaired) electrons. The average Bonchev–Trinajstić information content (AvgIpc) is 2.86. The van der Waals surface area contributed by atoms with E-state index in [9.17, 15) is 0 Å². The van der Waals surface area contributed by atoms with Gasteiger partial charge in [0, 0.05) is 17.2 Å². The van der Waals surface area contributed by atoms with Gasteiger partial charge in [0.15, 0.2) is 5.65 Å². The number of ether oxygens (including phenoxy) is 1. The van der Waals surface area contributed by atoms with E-state index in [2.05, 4.69) is 31.3 Å². The number of aromatic nitrogens is 3. The maximum Gasteiger partial charge on any atom is 0.243 e. The normalized spacial score (nSPS) is 16.6. The van der Waals surface area contributed by atoms with Crippen LogP contribution >= 0.6 is 15.9 Å². The quantitative estimate of drug-likeness (QED) is 0.850. The van der Waals surface area contributed by atoms with E-state index in [4.69, 9.17) is 4.74 Å². The van der Waals surface area contributed by atoms with Crippen molar-refractivity contribution in [2.24, 2.45) is 0 Å². The van der Waals surface area contributed by atoms with E-state index in [-0.39, 0.29) is 0 Å². The van der Waals surface area contributed by atoms with Crippen molar-refractivity contribution in [1.82, 2.24) is 14.6 Å². The maximum absolute atomic E-state index is 5.87. The molecule has 0 spiro atoms. The molecule has 1 aliphatic carbocycles. The Hall–Kier alpha value is -1.14. The van der Waals surface area contributed by atoms with Gasteiger partial charge in [-0.2, -0.15) is 4.98 Å². The monoisotopic (exact) mass is 338 g/mol. The van der Waals surface area contributed by atoms with Crippen molar-refractivity contribution < 1.29 is 4.74 Å². The first-order valence-corrected chi connectivity index (χ1v) is 7.98. The molecule has 108 valence electrons. The summed E-state index contributed by atoms with van der Waals surface area (Å²) in [6, 6.07) is 3.89. The standard InChI is InChI=1S/C14H19BrN4O/c15-11-6-7-13-17-14(18-19(13)10-11)16-8-9-20-12-4-2-1-3-5-12/h6-7,10,12H,1-5,8-9H2,(H,16,18). The van der Waals surface area contributed by atoms with E-state index >= 15 is 0 Å². The fourth-order valence-corrected chi connectivity index (χ4v) is 2.88. The minimum Gasteiger partial charge on any atom is -0.376 e. The lowest BCUT2D eigenvalue weighted by Gasteiger charge is -2.21. The summed E-state index contributed by atoms with van der Waals surface area (Å²) in [6.07, 6.45) is 8.74. The van der Waals surface area contributed by atoms with Crippen molar-refractivity contribution in [1.29, 1.82) is 0 Å². The van der Waals surface area contributed by atoms with E-state index in [1.165, 1.54) is 32.1 Å². The fraction of sp³-hybridized carbons (Fsp3) is 0.571. The first-order valence-electron chi connectivity index (χ1n) is 7.19. The highest BCUT2D eigenvalue weighted by molar-refractivity contribution is 9.10. The van der Waals surface area contributed by atoms with Crippen LogP contribution in [0.25, 0.3) is 5.65 Å². The van der Waals surface area contributed by atoms with Crippen molar-refractivity contribution >= 4 is 27.5 Å². The Morgan fingerprint density at radius 1 is 1.30 bits per heavy atom. The van der Waals surface area contributed by atoms with E-state index in [0.29, 0.717) is 18.7 Å². The van der Waals surface area contributed by atoms with Gasteiger partial charge in [-0.3, -0.25) is 0 Å². The summed E-state index contributed by atoms with van der Waals surface area (Å²) in [5, 5.41) is 7.58. The molecular weight excluding hydrogens is 320 g/mol. The summed E-state index contributed by atoms with van der Waals surface area (Å²) in [4.78, 5) is 4.40. The summed E-state index contributed by atoms with van der Waals surface area (Å²) >= 11 is 3.42. The van der Waals surface area contributed by atoms with Crippen LogP contribution in [-0.4, -0.2) is 33.9 Å². The molecule has 2 aromatic heterocycles. The zero-order valence-electron chi connectivity index (χ0n) is 11.4. The zero-order valence-corrected chi connectivity index (χ0v) is 13.0. The summed E-state index contributed by atoms with van der Waals surface area (Å²) in [5.41, 5.74) is 0.837. The van der Waals surface area contributed by atoms with Gasteiger partial charge >= 0.3 is 0 Å². The molecule has 20 heavy (non-hydrogen) atoms. The number of nitrogens with one attached hydrogen (secondary N) is 1. The Labute approximate surface area is 126 Å². The third-order valence-corrected chi connectivity index (χ3v) is 4.05. The number of halogens is 1. The predicted octanol–water partition coefficient (Wildman–Crippen LogP) is 3.25. The van der Waals surface area contributed by atoms with Gasteiger partial charge in [0.1, 0.15) is 0 Å². The molecule has 3 rings (SSSR count). The number of rotatable bonds is 5. The highest BCUT2D eigenvalue weighted by Crippen LogP contribution is 2.20. The molecule has 1 fully saturated rings. The van der Waals surface area contributed by atoms with Crippen LogP contribution in [0.5, 0.6) is 0 Å². The van der Waals surface area contributed by atoms with Crippen LogP contribution in [0.4, 0.5) is 5.95 Å². The number of fused-ring (bicyclic) bond motifs is 1. The lowest BCUT2D eigenvalue weighted by molar-refractivity contribution is 0.0347. The number of pyridine rings is 1. The molecule has 0 unspecified atom stereocenters. The average molecular weight is 339 g/mol. The first-order chi connectivity index (χ1) is 9.81. The molecule has 0 saturated heterocycles. The molecule has 1 aliphatic rings. The van der Waals surface area contributed by atoms with Gasteiger partial charge in [-0.25, -0.2) is 4.52 Å². The third kappa shape index (κ3) is 3.49. The predicted molar refractivity (Wildman–Crippen MR) is 82.0 cm³/mol. The SMILES string of the molecule is Brc1ccc2nc(NCCOC3CCCCC3)nn2c1. The molecule has 6 heteroatoms. The zero-order chi connectivity index (χ0) is 13.8. The van der Waals surface area contributed by atoms with Crippen molar-refractivity contribution in [2.45, 2.75) is 38.2 Å². The van der Waals surface area contributed by atoms with Crippen molar-refractivity contribution in [3.8, 4) is 0 Å². The fourth-order valence-electron chi connectivity index (χ4n) is 2.55. The van der Waals surface area contributed by atoms with Crippen molar-refractivity contribution in [3.05, 3.63) is 22.8 Å². The highest BCUT2D eigenvalue weighted by Gasteiger charge is 2.13. The number of hydrogen-bond donors (Lipinski definition) is 1. The first kappa shape index (κ1) is 13.8. The minimum atomic E-state index is 0.454. The molecule has 0 bridgehead atoms. The van der Waals surface area contributed by atoms with E-state index in [1.54, 1.807) is 4.52 Å². The molecule has 5 nitrogen and oxygen atoms in total. The lowest BCUT2D eigenvalue weighted by atomic mass is 9.98. The van der Waals surface area contributed by atoms with Gasteiger partial charge in [-0.1, -0.05) is 19.3 Å². The smallest absolute Gasteiger partial charge is 0.243 e.